The molecule has 33 heavy (non-hydrogen) atoms. The molecule has 0 spiro atoms. The Balaban J connectivity index is 1.44. The highest BCUT2D eigenvalue weighted by atomic mass is 16.5. The van der Waals surface area contributed by atoms with Gasteiger partial charge in [0.2, 0.25) is 5.91 Å². The van der Waals surface area contributed by atoms with E-state index >= 15 is 0 Å². The van der Waals surface area contributed by atoms with Gasteiger partial charge in [-0.15, -0.1) is 0 Å². The molecule has 7 nitrogen and oxygen atoms in total. The van der Waals surface area contributed by atoms with E-state index < -0.39 is 12.1 Å². The van der Waals surface area contributed by atoms with E-state index in [1.54, 1.807) is 60.5 Å². The Kier molecular flexibility index (Phi) is 7.02. The molecule has 1 fully saturated rings. The minimum atomic E-state index is -0.927. The first-order chi connectivity index (χ1) is 16.0. The minimum absolute atomic E-state index is 0.00633. The summed E-state index contributed by atoms with van der Waals surface area (Å²) in [7, 11) is 1.57. The maximum absolute atomic E-state index is 12.5. The van der Waals surface area contributed by atoms with E-state index in [9.17, 15) is 14.7 Å². The maximum Gasteiger partial charge on any atom is 0.255 e. The third-order valence-corrected chi connectivity index (χ3v) is 5.66. The van der Waals surface area contributed by atoms with Crippen LogP contribution in [0.25, 0.3) is 0 Å². The summed E-state index contributed by atoms with van der Waals surface area (Å²) in [6.07, 6.45) is -0.927. The van der Waals surface area contributed by atoms with Crippen LogP contribution in [0.4, 0.5) is 5.69 Å². The molecule has 3 aromatic carbocycles. The van der Waals surface area contributed by atoms with Gasteiger partial charge in [0.05, 0.1) is 19.8 Å². The summed E-state index contributed by atoms with van der Waals surface area (Å²) in [5.41, 5.74) is 2.73. The lowest BCUT2D eigenvalue weighted by atomic mass is 9.99. The largest absolute Gasteiger partial charge is 0.497 e. The van der Waals surface area contributed by atoms with E-state index in [0.29, 0.717) is 29.1 Å². The Morgan fingerprint density at radius 1 is 1.09 bits per heavy atom. The zero-order valence-electron chi connectivity index (χ0n) is 18.3. The summed E-state index contributed by atoms with van der Waals surface area (Å²) >= 11 is 0. The number of carbonyl (C=O) groups is 2. The average Bonchev–Trinajstić information content (AvgIpc) is 2.86. The number of nitrogens with one attached hydrogen (secondary N) is 1. The summed E-state index contributed by atoms with van der Waals surface area (Å²) < 4.78 is 10.5. The van der Waals surface area contributed by atoms with Gasteiger partial charge in [-0.2, -0.15) is 0 Å². The summed E-state index contributed by atoms with van der Waals surface area (Å²) in [5, 5.41) is 13.9. The molecule has 0 radical (unpaired) electrons. The Labute approximate surface area is 192 Å². The van der Waals surface area contributed by atoms with Gasteiger partial charge < -0.3 is 24.8 Å². The van der Waals surface area contributed by atoms with Gasteiger partial charge in [-0.3, -0.25) is 9.59 Å². The molecule has 4 rings (SSSR count). The lowest BCUT2D eigenvalue weighted by Gasteiger charge is -2.38. The number of ether oxygens (including phenoxy) is 2. The number of aliphatic hydroxyl groups excluding tert-OH is 1. The number of anilines is 1. The van der Waals surface area contributed by atoms with Crippen LogP contribution in [0.2, 0.25) is 0 Å². The average molecular weight is 447 g/mol. The molecule has 1 saturated heterocycles. The lowest BCUT2D eigenvalue weighted by molar-refractivity contribution is -0.155. The molecule has 170 valence electrons. The van der Waals surface area contributed by atoms with E-state index in [1.165, 1.54) is 0 Å². The molecular weight excluding hydrogens is 420 g/mol. The van der Waals surface area contributed by atoms with Crippen LogP contribution < -0.4 is 10.1 Å². The molecule has 3 aromatic rings. The van der Waals surface area contributed by atoms with Gasteiger partial charge in [0.15, 0.2) is 0 Å². The molecule has 0 aliphatic carbocycles. The van der Waals surface area contributed by atoms with Crippen molar-refractivity contribution in [2.75, 3.05) is 25.6 Å². The number of rotatable bonds is 7. The third kappa shape index (κ3) is 5.39. The number of morpholine rings is 1. The van der Waals surface area contributed by atoms with Crippen LogP contribution in [-0.4, -0.2) is 48.2 Å². The van der Waals surface area contributed by atoms with Crippen LogP contribution in [0.5, 0.6) is 5.75 Å². The molecule has 7 heteroatoms. The number of carbonyl (C=O) groups excluding carboxylic acids is 2. The first kappa shape index (κ1) is 22.5. The van der Waals surface area contributed by atoms with E-state index in [2.05, 4.69) is 5.32 Å². The minimum Gasteiger partial charge on any atom is -0.497 e. The number of hydrogen-bond donors (Lipinski definition) is 2. The maximum atomic E-state index is 12.5. The fourth-order valence-corrected chi connectivity index (χ4v) is 3.80. The highest BCUT2D eigenvalue weighted by Gasteiger charge is 2.34. The molecule has 1 aliphatic rings. The molecule has 0 saturated carbocycles. The normalized spacial score (nSPS) is 16.8. The van der Waals surface area contributed by atoms with Gasteiger partial charge in [0.25, 0.3) is 5.91 Å². The zero-order chi connectivity index (χ0) is 23.2. The topological polar surface area (TPSA) is 88.1 Å². The Bertz CT molecular complexity index is 1080. The summed E-state index contributed by atoms with van der Waals surface area (Å²) in [4.78, 5) is 26.7. The van der Waals surface area contributed by atoms with Crippen LogP contribution in [-0.2, 0) is 16.1 Å². The monoisotopic (exact) mass is 446 g/mol. The van der Waals surface area contributed by atoms with Crippen molar-refractivity contribution in [3.63, 3.8) is 0 Å². The Morgan fingerprint density at radius 2 is 1.79 bits per heavy atom. The smallest absolute Gasteiger partial charge is 0.255 e. The highest BCUT2D eigenvalue weighted by molar-refractivity contribution is 6.04. The van der Waals surface area contributed by atoms with Crippen molar-refractivity contribution in [1.82, 2.24) is 4.90 Å². The summed E-state index contributed by atoms with van der Waals surface area (Å²) in [5.74, 6) is 0.278. The van der Waals surface area contributed by atoms with Crippen LogP contribution in [0.1, 0.15) is 27.6 Å². The zero-order valence-corrected chi connectivity index (χ0v) is 18.3. The number of amides is 2. The van der Waals surface area contributed by atoms with Crippen molar-refractivity contribution >= 4 is 17.5 Å². The Morgan fingerprint density at radius 3 is 2.45 bits per heavy atom. The molecule has 2 atom stereocenters. The van der Waals surface area contributed by atoms with Crippen LogP contribution >= 0.6 is 0 Å². The van der Waals surface area contributed by atoms with Gasteiger partial charge in [0.1, 0.15) is 18.5 Å². The summed E-state index contributed by atoms with van der Waals surface area (Å²) in [6.45, 7) is 0.656. The van der Waals surface area contributed by atoms with Gasteiger partial charge in [-0.25, -0.2) is 0 Å². The molecule has 1 heterocycles. The second kappa shape index (κ2) is 10.3. The van der Waals surface area contributed by atoms with Crippen molar-refractivity contribution in [2.45, 2.75) is 18.7 Å². The van der Waals surface area contributed by atoms with Crippen molar-refractivity contribution in [2.24, 2.45) is 0 Å². The predicted molar refractivity (Wildman–Crippen MR) is 124 cm³/mol. The molecular formula is C26H26N2O5. The van der Waals surface area contributed by atoms with Crippen molar-refractivity contribution in [3.05, 3.63) is 95.6 Å². The van der Waals surface area contributed by atoms with E-state index in [1.807, 2.05) is 30.3 Å². The number of hydrogen-bond acceptors (Lipinski definition) is 5. The second-order valence-corrected chi connectivity index (χ2v) is 7.84. The predicted octanol–water partition coefficient (Wildman–Crippen LogP) is 3.41. The number of nitrogens with zero attached hydrogens (tertiary/aromatic N) is 1. The van der Waals surface area contributed by atoms with E-state index in [-0.39, 0.29) is 25.0 Å². The fourth-order valence-electron chi connectivity index (χ4n) is 3.80. The van der Waals surface area contributed by atoms with Crippen LogP contribution in [0, 0.1) is 0 Å². The van der Waals surface area contributed by atoms with E-state index in [4.69, 9.17) is 9.47 Å². The molecule has 0 aromatic heterocycles. The van der Waals surface area contributed by atoms with Gasteiger partial charge >= 0.3 is 0 Å². The lowest BCUT2D eigenvalue weighted by Crippen LogP contribution is -2.51. The first-order valence-electron chi connectivity index (χ1n) is 10.7. The van der Waals surface area contributed by atoms with Gasteiger partial charge in [0, 0.05) is 17.8 Å². The SMILES string of the molecule is COc1ccc(C(=O)Nc2ccc([C@@H](O)[C@H]3COCC(=O)N3Cc3ccccc3)cc2)cc1. The summed E-state index contributed by atoms with van der Waals surface area (Å²) in [6, 6.07) is 22.9. The fraction of sp³-hybridized carbons (Fsp3) is 0.231. The van der Waals surface area contributed by atoms with Crippen molar-refractivity contribution < 1.29 is 24.2 Å². The second-order valence-electron chi connectivity index (χ2n) is 7.84. The molecule has 0 unspecified atom stereocenters. The quantitative estimate of drug-likeness (QED) is 0.581. The van der Waals surface area contributed by atoms with Crippen molar-refractivity contribution in [3.8, 4) is 5.75 Å². The van der Waals surface area contributed by atoms with Crippen LogP contribution in [0.15, 0.2) is 78.9 Å². The molecule has 2 amide bonds. The van der Waals surface area contributed by atoms with Crippen LogP contribution in [0.3, 0.4) is 0 Å². The highest BCUT2D eigenvalue weighted by Crippen LogP contribution is 2.27. The third-order valence-electron chi connectivity index (χ3n) is 5.66. The number of benzene rings is 3. The van der Waals surface area contributed by atoms with Gasteiger partial charge in [-0.1, -0.05) is 42.5 Å². The number of aliphatic hydroxyl groups is 1. The molecule has 0 bridgehead atoms. The van der Waals surface area contributed by atoms with Gasteiger partial charge in [-0.05, 0) is 47.5 Å². The molecule has 1 aliphatic heterocycles. The number of methoxy groups -OCH3 is 1. The standard InChI is InChI=1S/C26H26N2O5/c1-32-22-13-9-20(10-14-22)26(31)27-21-11-7-19(8-12-21)25(30)23-16-33-17-24(29)28(23)15-18-5-3-2-4-6-18/h2-14,23,25,30H,15-17H2,1H3,(H,27,31)/t23-,25-/m1/s1. The first-order valence-corrected chi connectivity index (χ1v) is 10.7. The molecule has 2 N–H and O–H groups in total. The Hall–Kier alpha value is -3.68. The van der Waals surface area contributed by atoms with Crippen molar-refractivity contribution in [1.29, 1.82) is 0 Å². The van der Waals surface area contributed by atoms with E-state index in [0.717, 1.165) is 5.56 Å².